The number of halogens is 3. The monoisotopic (exact) mass is 254 g/mol. The molecule has 2 N–H and O–H groups in total. The molecule has 0 amide bonds. The average Bonchev–Trinajstić information content (AvgIpc) is 2.27. The third-order valence-electron chi connectivity index (χ3n) is 3.44. The predicted molar refractivity (Wildman–Crippen MR) is 59.4 cm³/mol. The summed E-state index contributed by atoms with van der Waals surface area (Å²) in [4.78, 5) is 2.01. The smallest absolute Gasteiger partial charge is 0.329 e. The van der Waals surface area contributed by atoms with Crippen LogP contribution in [-0.4, -0.2) is 43.5 Å². The highest BCUT2D eigenvalue weighted by Gasteiger charge is 2.31. The van der Waals surface area contributed by atoms with Crippen molar-refractivity contribution in [3.8, 4) is 0 Å². The van der Waals surface area contributed by atoms with Gasteiger partial charge < -0.3 is 5.73 Å². The zero-order valence-corrected chi connectivity index (χ0v) is 10.2. The first kappa shape index (κ1) is 14.7. The zero-order valence-electron chi connectivity index (χ0n) is 10.2. The van der Waals surface area contributed by atoms with Gasteiger partial charge in [0.15, 0.2) is 0 Å². The van der Waals surface area contributed by atoms with E-state index in [0.29, 0.717) is 19.0 Å². The number of ether oxygens (including phenoxy) is 1. The molecule has 102 valence electrons. The number of alkyl halides is 3. The van der Waals surface area contributed by atoms with Crippen LogP contribution in [-0.2, 0) is 4.74 Å². The van der Waals surface area contributed by atoms with E-state index >= 15 is 0 Å². The van der Waals surface area contributed by atoms with Crippen LogP contribution >= 0.6 is 0 Å². The van der Waals surface area contributed by atoms with Crippen molar-refractivity contribution in [3.05, 3.63) is 0 Å². The third kappa shape index (κ3) is 5.23. The number of rotatable bonds is 5. The minimum Gasteiger partial charge on any atom is -0.329 e. The Morgan fingerprint density at radius 1 is 1.41 bits per heavy atom. The summed E-state index contributed by atoms with van der Waals surface area (Å²) in [6, 6.07) is 0.200. The largest absolute Gasteiger partial charge is 0.522 e. The van der Waals surface area contributed by atoms with Gasteiger partial charge in [-0.05, 0) is 25.3 Å². The molecule has 0 bridgehead atoms. The summed E-state index contributed by atoms with van der Waals surface area (Å²) in [7, 11) is 0. The van der Waals surface area contributed by atoms with E-state index < -0.39 is 6.36 Å². The summed E-state index contributed by atoms with van der Waals surface area (Å²) in [5.41, 5.74) is 5.66. The highest BCUT2D eigenvalue weighted by atomic mass is 19.4. The summed E-state index contributed by atoms with van der Waals surface area (Å²) < 4.78 is 39.3. The minimum atomic E-state index is -4.53. The first-order valence-corrected chi connectivity index (χ1v) is 6.11. The summed E-state index contributed by atoms with van der Waals surface area (Å²) in [5, 5.41) is 0. The lowest BCUT2D eigenvalue weighted by Gasteiger charge is -2.38. The zero-order chi connectivity index (χ0) is 12.9. The molecule has 0 radical (unpaired) electrons. The summed E-state index contributed by atoms with van der Waals surface area (Å²) >= 11 is 0. The Labute approximate surface area is 100 Å². The Bertz CT molecular complexity index is 223. The van der Waals surface area contributed by atoms with Crippen LogP contribution < -0.4 is 5.73 Å². The van der Waals surface area contributed by atoms with E-state index in [9.17, 15) is 13.2 Å². The van der Waals surface area contributed by atoms with Crippen molar-refractivity contribution in [1.29, 1.82) is 0 Å². The van der Waals surface area contributed by atoms with Gasteiger partial charge in [-0.1, -0.05) is 13.3 Å². The molecular formula is C11H21F3N2O. The van der Waals surface area contributed by atoms with Gasteiger partial charge in [-0.3, -0.25) is 9.64 Å². The van der Waals surface area contributed by atoms with E-state index in [1.54, 1.807) is 0 Å². The van der Waals surface area contributed by atoms with Crippen molar-refractivity contribution in [2.75, 3.05) is 26.2 Å². The van der Waals surface area contributed by atoms with Gasteiger partial charge >= 0.3 is 6.36 Å². The van der Waals surface area contributed by atoms with E-state index in [2.05, 4.69) is 11.7 Å². The molecule has 2 unspecified atom stereocenters. The molecule has 1 rings (SSSR count). The fourth-order valence-corrected chi connectivity index (χ4v) is 2.37. The molecule has 0 aliphatic carbocycles. The molecule has 2 atom stereocenters. The van der Waals surface area contributed by atoms with Crippen LogP contribution in [0.25, 0.3) is 0 Å². The molecule has 1 aliphatic heterocycles. The summed E-state index contributed by atoms with van der Waals surface area (Å²) in [5.74, 6) is 0.656. The maximum absolute atomic E-state index is 11.8. The van der Waals surface area contributed by atoms with Crippen molar-refractivity contribution in [2.45, 2.75) is 38.6 Å². The second kappa shape index (κ2) is 6.56. The Morgan fingerprint density at radius 3 is 2.65 bits per heavy atom. The predicted octanol–water partition coefficient (Wildman–Crippen LogP) is 1.97. The van der Waals surface area contributed by atoms with Crippen LogP contribution in [0.5, 0.6) is 0 Å². The van der Waals surface area contributed by atoms with Gasteiger partial charge in [-0.2, -0.15) is 0 Å². The van der Waals surface area contributed by atoms with Gasteiger partial charge in [0.2, 0.25) is 0 Å². The van der Waals surface area contributed by atoms with Crippen LogP contribution in [0.4, 0.5) is 13.2 Å². The Balaban J connectivity index is 2.32. The number of hydrogen-bond donors (Lipinski definition) is 1. The minimum absolute atomic E-state index is 0.200. The van der Waals surface area contributed by atoms with Crippen LogP contribution in [0.2, 0.25) is 0 Å². The number of piperidine rings is 1. The lowest BCUT2D eigenvalue weighted by Crippen LogP contribution is -2.48. The molecule has 0 aromatic rings. The standard InChI is InChI=1S/C11H21F3N2O/c1-2-9-3-4-16(10(7-9)8-15)5-6-17-11(12,13)14/h9-10H,2-8,15H2,1H3. The third-order valence-corrected chi connectivity index (χ3v) is 3.44. The molecule has 0 aromatic heterocycles. The maximum Gasteiger partial charge on any atom is 0.522 e. The van der Waals surface area contributed by atoms with Crippen LogP contribution in [0, 0.1) is 5.92 Å². The van der Waals surface area contributed by atoms with Gasteiger partial charge in [0.05, 0.1) is 6.61 Å². The van der Waals surface area contributed by atoms with E-state index in [-0.39, 0.29) is 12.6 Å². The normalized spacial score (nSPS) is 27.4. The molecule has 1 heterocycles. The van der Waals surface area contributed by atoms with Crippen LogP contribution in [0.3, 0.4) is 0 Å². The topological polar surface area (TPSA) is 38.5 Å². The highest BCUT2D eigenvalue weighted by molar-refractivity contribution is 4.81. The molecule has 1 fully saturated rings. The first-order chi connectivity index (χ1) is 7.96. The van der Waals surface area contributed by atoms with E-state index in [1.807, 2.05) is 4.90 Å². The second-order valence-corrected chi connectivity index (χ2v) is 4.52. The SMILES string of the molecule is CCC1CCN(CCOC(F)(F)F)C(CN)C1. The van der Waals surface area contributed by atoms with Gasteiger partial charge in [-0.25, -0.2) is 0 Å². The van der Waals surface area contributed by atoms with Gasteiger partial charge in [0.1, 0.15) is 0 Å². The molecule has 6 heteroatoms. The molecule has 1 aliphatic rings. The number of likely N-dealkylation sites (tertiary alicyclic amines) is 1. The van der Waals surface area contributed by atoms with Gasteiger partial charge in [-0.15, -0.1) is 13.2 Å². The average molecular weight is 254 g/mol. The van der Waals surface area contributed by atoms with Crippen LogP contribution in [0.15, 0.2) is 0 Å². The second-order valence-electron chi connectivity index (χ2n) is 4.52. The summed E-state index contributed by atoms with van der Waals surface area (Å²) in [6.45, 7) is 3.46. The van der Waals surface area contributed by atoms with Crippen molar-refractivity contribution in [1.82, 2.24) is 4.90 Å². The Hall–Kier alpha value is -0.330. The van der Waals surface area contributed by atoms with Crippen molar-refractivity contribution >= 4 is 0 Å². The molecule has 0 saturated carbocycles. The van der Waals surface area contributed by atoms with Crippen molar-refractivity contribution in [3.63, 3.8) is 0 Å². The molecular weight excluding hydrogens is 233 g/mol. The number of nitrogens with zero attached hydrogens (tertiary/aromatic N) is 1. The van der Waals surface area contributed by atoms with E-state index in [0.717, 1.165) is 25.8 Å². The maximum atomic E-state index is 11.8. The van der Waals surface area contributed by atoms with E-state index in [4.69, 9.17) is 5.73 Å². The number of hydrogen-bond acceptors (Lipinski definition) is 3. The lowest BCUT2D eigenvalue weighted by atomic mass is 9.89. The molecule has 3 nitrogen and oxygen atoms in total. The quantitative estimate of drug-likeness (QED) is 0.815. The van der Waals surface area contributed by atoms with E-state index in [1.165, 1.54) is 0 Å². The Morgan fingerprint density at radius 2 is 2.12 bits per heavy atom. The highest BCUT2D eigenvalue weighted by Crippen LogP contribution is 2.25. The molecule has 17 heavy (non-hydrogen) atoms. The van der Waals surface area contributed by atoms with Gasteiger partial charge in [0, 0.05) is 19.1 Å². The molecule has 0 aromatic carbocycles. The fraction of sp³-hybridized carbons (Fsp3) is 1.00. The summed E-state index contributed by atoms with van der Waals surface area (Å²) in [6.07, 6.45) is -1.39. The Kier molecular flexibility index (Phi) is 5.69. The molecule has 0 spiro atoms. The van der Waals surface area contributed by atoms with Gasteiger partial charge in [0.25, 0.3) is 0 Å². The lowest BCUT2D eigenvalue weighted by molar-refractivity contribution is -0.325. The van der Waals surface area contributed by atoms with Crippen molar-refractivity contribution in [2.24, 2.45) is 11.7 Å². The van der Waals surface area contributed by atoms with Crippen molar-refractivity contribution < 1.29 is 17.9 Å². The number of nitrogens with two attached hydrogens (primary N) is 1. The van der Waals surface area contributed by atoms with Crippen LogP contribution in [0.1, 0.15) is 26.2 Å². The molecule has 1 saturated heterocycles. The fourth-order valence-electron chi connectivity index (χ4n) is 2.37. The first-order valence-electron chi connectivity index (χ1n) is 6.11.